The lowest BCUT2D eigenvalue weighted by Gasteiger charge is -2.37. The molecule has 0 unspecified atom stereocenters. The number of hydrogen-bond donors (Lipinski definition) is 0. The molecule has 0 radical (unpaired) electrons. The first-order valence-corrected chi connectivity index (χ1v) is 8.17. The summed E-state index contributed by atoms with van der Waals surface area (Å²) in [5.74, 6) is 1.21. The van der Waals surface area contributed by atoms with E-state index in [2.05, 4.69) is 20.0 Å². The molecule has 1 spiro atoms. The summed E-state index contributed by atoms with van der Waals surface area (Å²) in [4.78, 5) is 25.7. The predicted octanol–water partition coefficient (Wildman–Crippen LogP) is 1.12. The zero-order chi connectivity index (χ0) is 16.2. The van der Waals surface area contributed by atoms with Crippen molar-refractivity contribution >= 4 is 22.8 Å². The molecule has 7 heteroatoms. The van der Waals surface area contributed by atoms with Crippen molar-refractivity contribution in [3.8, 4) is 0 Å². The van der Waals surface area contributed by atoms with Crippen LogP contribution in [0.25, 0.3) is 11.0 Å². The number of aromatic nitrogens is 4. The number of aryl methyl sites for hydroxylation is 2. The monoisotopic (exact) mass is 314 g/mol. The van der Waals surface area contributed by atoms with Crippen molar-refractivity contribution in [3.63, 3.8) is 0 Å². The molecule has 2 fully saturated rings. The number of piperidine rings is 1. The maximum absolute atomic E-state index is 12.7. The van der Waals surface area contributed by atoms with E-state index in [4.69, 9.17) is 0 Å². The van der Waals surface area contributed by atoms with Crippen LogP contribution in [0.4, 0.5) is 5.82 Å². The van der Waals surface area contributed by atoms with Crippen LogP contribution in [0.3, 0.4) is 0 Å². The van der Waals surface area contributed by atoms with Crippen LogP contribution >= 0.6 is 0 Å². The van der Waals surface area contributed by atoms with Crippen LogP contribution in [-0.4, -0.2) is 57.2 Å². The molecule has 2 aliphatic heterocycles. The van der Waals surface area contributed by atoms with Gasteiger partial charge in [0, 0.05) is 33.7 Å². The molecule has 1 amide bonds. The molecule has 0 saturated carbocycles. The average Bonchev–Trinajstić information content (AvgIpc) is 3.08. The van der Waals surface area contributed by atoms with Crippen LogP contribution in [-0.2, 0) is 11.8 Å². The van der Waals surface area contributed by atoms with E-state index in [0.717, 1.165) is 61.4 Å². The van der Waals surface area contributed by atoms with Gasteiger partial charge in [0.15, 0.2) is 5.65 Å². The van der Waals surface area contributed by atoms with E-state index in [0.29, 0.717) is 5.91 Å². The number of anilines is 1. The van der Waals surface area contributed by atoms with Crippen LogP contribution in [0.1, 0.15) is 25.0 Å². The Bertz CT molecular complexity index is 784. The molecule has 7 nitrogen and oxygen atoms in total. The fourth-order valence-electron chi connectivity index (χ4n) is 4.20. The number of fused-ring (bicyclic) bond motifs is 1. The second-order valence-corrected chi connectivity index (χ2v) is 6.89. The second-order valence-electron chi connectivity index (χ2n) is 6.89. The highest BCUT2D eigenvalue weighted by Gasteiger charge is 2.48. The Kier molecular flexibility index (Phi) is 3.08. The second kappa shape index (κ2) is 4.91. The van der Waals surface area contributed by atoms with Crippen molar-refractivity contribution in [2.24, 2.45) is 12.5 Å². The third-order valence-corrected chi connectivity index (χ3v) is 5.38. The van der Waals surface area contributed by atoms with Crippen LogP contribution in [0.2, 0.25) is 0 Å². The van der Waals surface area contributed by atoms with Gasteiger partial charge < -0.3 is 9.80 Å². The van der Waals surface area contributed by atoms with E-state index in [9.17, 15) is 4.79 Å². The number of amides is 1. The topological polar surface area (TPSA) is 67.2 Å². The van der Waals surface area contributed by atoms with Gasteiger partial charge in [0.25, 0.3) is 0 Å². The van der Waals surface area contributed by atoms with Crippen LogP contribution in [0.15, 0.2) is 6.33 Å². The summed E-state index contributed by atoms with van der Waals surface area (Å²) in [6.45, 7) is 4.47. The Morgan fingerprint density at radius 1 is 1.17 bits per heavy atom. The molecular weight excluding hydrogens is 292 g/mol. The highest BCUT2D eigenvalue weighted by atomic mass is 16.2. The van der Waals surface area contributed by atoms with Crippen molar-refractivity contribution in [2.75, 3.05) is 31.6 Å². The lowest BCUT2D eigenvalue weighted by Crippen LogP contribution is -2.48. The average molecular weight is 314 g/mol. The highest BCUT2D eigenvalue weighted by Crippen LogP contribution is 2.42. The summed E-state index contributed by atoms with van der Waals surface area (Å²) >= 11 is 0. The van der Waals surface area contributed by atoms with Crippen molar-refractivity contribution in [1.29, 1.82) is 0 Å². The zero-order valence-corrected chi connectivity index (χ0v) is 13.9. The van der Waals surface area contributed by atoms with Gasteiger partial charge in [0.05, 0.1) is 16.5 Å². The summed E-state index contributed by atoms with van der Waals surface area (Å²) in [6, 6.07) is 0. The summed E-state index contributed by atoms with van der Waals surface area (Å²) in [5.41, 5.74) is 1.55. The maximum Gasteiger partial charge on any atom is 0.230 e. The zero-order valence-electron chi connectivity index (χ0n) is 13.9. The number of carbonyl (C=O) groups is 1. The van der Waals surface area contributed by atoms with Gasteiger partial charge >= 0.3 is 0 Å². The third kappa shape index (κ3) is 2.02. The molecule has 0 aromatic carbocycles. The highest BCUT2D eigenvalue weighted by molar-refractivity contribution is 5.91. The van der Waals surface area contributed by atoms with E-state index >= 15 is 0 Å². The molecule has 0 N–H and O–H groups in total. The molecule has 1 atom stereocenters. The fourth-order valence-corrected chi connectivity index (χ4v) is 4.20. The standard InChI is InChI=1S/C16H22N6O/c1-11-12-13(21(3)19-11)17-10-18-14(12)22-8-6-16(9-22)5-4-7-20(2)15(16)23/h10H,4-9H2,1-3H3/t16-/m1/s1. The molecular formula is C16H22N6O. The van der Waals surface area contributed by atoms with Gasteiger partial charge in [0.2, 0.25) is 5.91 Å². The van der Waals surface area contributed by atoms with E-state index in [1.54, 1.807) is 11.0 Å². The predicted molar refractivity (Wildman–Crippen MR) is 87.2 cm³/mol. The molecule has 122 valence electrons. The van der Waals surface area contributed by atoms with E-state index in [-0.39, 0.29) is 5.41 Å². The number of hydrogen-bond acceptors (Lipinski definition) is 5. The first-order valence-electron chi connectivity index (χ1n) is 8.17. The van der Waals surface area contributed by atoms with E-state index < -0.39 is 0 Å². The van der Waals surface area contributed by atoms with Crippen LogP contribution in [0.5, 0.6) is 0 Å². The SMILES string of the molecule is Cc1nn(C)c2ncnc(N3CC[C@]4(CCCN(C)C4=O)C3)c12. The molecule has 2 saturated heterocycles. The molecule has 2 aliphatic rings. The smallest absolute Gasteiger partial charge is 0.230 e. The third-order valence-electron chi connectivity index (χ3n) is 5.38. The number of rotatable bonds is 1. The summed E-state index contributed by atoms with van der Waals surface area (Å²) < 4.78 is 1.79. The minimum Gasteiger partial charge on any atom is -0.355 e. The molecule has 2 aromatic rings. The Morgan fingerprint density at radius 3 is 2.83 bits per heavy atom. The Balaban J connectivity index is 1.72. The lowest BCUT2D eigenvalue weighted by atomic mass is 9.78. The van der Waals surface area contributed by atoms with Gasteiger partial charge in [-0.1, -0.05) is 0 Å². The van der Waals surface area contributed by atoms with Gasteiger partial charge in [-0.05, 0) is 26.2 Å². The first-order chi connectivity index (χ1) is 11.0. The molecule has 4 heterocycles. The van der Waals surface area contributed by atoms with E-state index in [1.807, 2.05) is 25.9 Å². The molecule has 0 bridgehead atoms. The molecule has 4 rings (SSSR count). The van der Waals surface area contributed by atoms with Gasteiger partial charge in [-0.2, -0.15) is 5.10 Å². The number of carbonyl (C=O) groups excluding carboxylic acids is 1. The van der Waals surface area contributed by atoms with Gasteiger partial charge in [-0.15, -0.1) is 0 Å². The minimum absolute atomic E-state index is 0.236. The van der Waals surface area contributed by atoms with Crippen molar-refractivity contribution in [1.82, 2.24) is 24.6 Å². The number of likely N-dealkylation sites (tertiary alicyclic amines) is 1. The quantitative estimate of drug-likeness (QED) is 0.789. The summed E-state index contributed by atoms with van der Waals surface area (Å²) in [5, 5.41) is 5.47. The summed E-state index contributed by atoms with van der Waals surface area (Å²) in [7, 11) is 3.82. The molecule has 2 aromatic heterocycles. The van der Waals surface area contributed by atoms with Crippen molar-refractivity contribution in [2.45, 2.75) is 26.2 Å². The fraction of sp³-hybridized carbons (Fsp3) is 0.625. The van der Waals surface area contributed by atoms with Crippen LogP contribution in [0, 0.1) is 12.3 Å². The Hall–Kier alpha value is -2.18. The van der Waals surface area contributed by atoms with Crippen molar-refractivity contribution in [3.05, 3.63) is 12.0 Å². The number of nitrogens with zero attached hydrogens (tertiary/aromatic N) is 6. The molecule has 23 heavy (non-hydrogen) atoms. The lowest BCUT2D eigenvalue weighted by molar-refractivity contribution is -0.143. The molecule has 0 aliphatic carbocycles. The Morgan fingerprint density at radius 2 is 2.00 bits per heavy atom. The first kappa shape index (κ1) is 14.4. The van der Waals surface area contributed by atoms with Gasteiger partial charge in [0.1, 0.15) is 12.1 Å². The normalized spacial score (nSPS) is 25.1. The van der Waals surface area contributed by atoms with Gasteiger partial charge in [-0.3, -0.25) is 9.48 Å². The largest absolute Gasteiger partial charge is 0.355 e. The van der Waals surface area contributed by atoms with Crippen molar-refractivity contribution < 1.29 is 4.79 Å². The minimum atomic E-state index is -0.236. The van der Waals surface area contributed by atoms with E-state index in [1.165, 1.54) is 0 Å². The summed E-state index contributed by atoms with van der Waals surface area (Å²) in [6.07, 6.45) is 4.56. The van der Waals surface area contributed by atoms with Gasteiger partial charge in [-0.25, -0.2) is 9.97 Å². The Labute approximate surface area is 135 Å². The maximum atomic E-state index is 12.7. The van der Waals surface area contributed by atoms with Crippen LogP contribution < -0.4 is 4.90 Å².